The Morgan fingerprint density at radius 3 is 2.35 bits per heavy atom. The van der Waals surface area contributed by atoms with Crippen LogP contribution >= 0.6 is 0 Å². The van der Waals surface area contributed by atoms with Gasteiger partial charge in [-0.05, 0) is 12.8 Å². The Kier molecular flexibility index (Phi) is 3.98. The number of nitrogens with zero attached hydrogens (tertiary/aromatic N) is 1. The van der Waals surface area contributed by atoms with E-state index in [9.17, 15) is 9.59 Å². The minimum atomic E-state index is -1.13. The molecule has 0 aromatic rings. The molecular weight excluding hydrogens is 226 g/mol. The van der Waals surface area contributed by atoms with Crippen molar-refractivity contribution in [1.29, 1.82) is 0 Å². The second kappa shape index (κ2) is 4.91. The first-order valence-electron chi connectivity index (χ1n) is 5.45. The van der Waals surface area contributed by atoms with E-state index in [1.165, 1.54) is 19.1 Å². The van der Waals surface area contributed by atoms with Crippen molar-refractivity contribution in [1.82, 2.24) is 4.90 Å². The van der Waals surface area contributed by atoms with Gasteiger partial charge in [0.05, 0.1) is 20.8 Å². The molecule has 1 heterocycles. The van der Waals surface area contributed by atoms with E-state index in [2.05, 4.69) is 0 Å². The Labute approximate surface area is 101 Å². The number of hydrogen-bond donors (Lipinski definition) is 0. The largest absolute Gasteiger partial charge is 0.467 e. The van der Waals surface area contributed by atoms with Crippen LogP contribution in [0.4, 0.5) is 4.79 Å². The average molecular weight is 245 g/mol. The average Bonchev–Trinajstić information content (AvgIpc) is 2.66. The van der Waals surface area contributed by atoms with E-state index < -0.39 is 23.8 Å². The van der Waals surface area contributed by atoms with Crippen LogP contribution in [0.15, 0.2) is 0 Å². The second-order valence-electron chi connectivity index (χ2n) is 4.55. The number of esters is 1. The molecule has 0 bridgehead atoms. The van der Waals surface area contributed by atoms with E-state index in [-0.39, 0.29) is 12.5 Å². The van der Waals surface area contributed by atoms with Crippen LogP contribution in [-0.2, 0) is 19.0 Å². The normalized spacial score (nSPS) is 28.4. The summed E-state index contributed by atoms with van der Waals surface area (Å²) in [5.74, 6) is -0.452. The van der Waals surface area contributed by atoms with E-state index >= 15 is 0 Å². The SMILES string of the molecule is COC(=O)N1[C@@H](C(C)C)OC[C@@]1(C)C(=O)OC. The van der Waals surface area contributed by atoms with Crippen molar-refractivity contribution >= 4 is 12.1 Å². The van der Waals surface area contributed by atoms with Crippen molar-refractivity contribution in [2.24, 2.45) is 5.92 Å². The van der Waals surface area contributed by atoms with Gasteiger partial charge in [-0.1, -0.05) is 13.8 Å². The molecule has 0 spiro atoms. The summed E-state index contributed by atoms with van der Waals surface area (Å²) in [7, 11) is 2.56. The maximum atomic E-state index is 11.8. The highest BCUT2D eigenvalue weighted by Crippen LogP contribution is 2.32. The molecule has 1 aliphatic rings. The van der Waals surface area contributed by atoms with Crippen LogP contribution in [0.2, 0.25) is 0 Å². The number of methoxy groups -OCH3 is 2. The first-order chi connectivity index (χ1) is 7.88. The smallest absolute Gasteiger partial charge is 0.412 e. The third-order valence-electron chi connectivity index (χ3n) is 2.89. The molecule has 1 aliphatic heterocycles. The van der Waals surface area contributed by atoms with Crippen LogP contribution in [0, 0.1) is 5.92 Å². The molecule has 0 N–H and O–H groups in total. The summed E-state index contributed by atoms with van der Waals surface area (Å²) in [6, 6.07) is 0. The maximum Gasteiger partial charge on any atom is 0.412 e. The fraction of sp³-hybridized carbons (Fsp3) is 0.818. The van der Waals surface area contributed by atoms with Gasteiger partial charge in [0, 0.05) is 0 Å². The van der Waals surface area contributed by atoms with Gasteiger partial charge in [0.25, 0.3) is 0 Å². The lowest BCUT2D eigenvalue weighted by atomic mass is 10.0. The monoisotopic (exact) mass is 245 g/mol. The molecule has 1 amide bonds. The van der Waals surface area contributed by atoms with Gasteiger partial charge >= 0.3 is 12.1 Å². The summed E-state index contributed by atoms with van der Waals surface area (Å²) in [6.07, 6.45) is -1.07. The minimum Gasteiger partial charge on any atom is -0.467 e. The molecule has 17 heavy (non-hydrogen) atoms. The highest BCUT2D eigenvalue weighted by Gasteiger charge is 2.54. The summed E-state index contributed by atoms with van der Waals surface area (Å²) >= 11 is 0. The zero-order valence-electron chi connectivity index (χ0n) is 10.9. The van der Waals surface area contributed by atoms with Crippen LogP contribution in [0.1, 0.15) is 20.8 Å². The lowest BCUT2D eigenvalue weighted by molar-refractivity contribution is -0.151. The Morgan fingerprint density at radius 1 is 1.35 bits per heavy atom. The molecule has 98 valence electrons. The van der Waals surface area contributed by atoms with Crippen LogP contribution in [0.25, 0.3) is 0 Å². The molecule has 6 nitrogen and oxygen atoms in total. The zero-order chi connectivity index (χ0) is 13.2. The summed E-state index contributed by atoms with van der Waals surface area (Å²) in [5, 5.41) is 0. The molecule has 0 aliphatic carbocycles. The van der Waals surface area contributed by atoms with Gasteiger partial charge in [0.2, 0.25) is 0 Å². The van der Waals surface area contributed by atoms with E-state index in [0.717, 1.165) is 0 Å². The number of amides is 1. The molecule has 0 aromatic carbocycles. The quantitative estimate of drug-likeness (QED) is 0.679. The number of ether oxygens (including phenoxy) is 3. The second-order valence-corrected chi connectivity index (χ2v) is 4.55. The van der Waals surface area contributed by atoms with Crippen LogP contribution in [0.3, 0.4) is 0 Å². The van der Waals surface area contributed by atoms with Crippen molar-refractivity contribution in [2.75, 3.05) is 20.8 Å². The third kappa shape index (κ3) is 2.22. The third-order valence-corrected chi connectivity index (χ3v) is 2.89. The fourth-order valence-corrected chi connectivity index (χ4v) is 1.94. The van der Waals surface area contributed by atoms with Gasteiger partial charge in [-0.25, -0.2) is 9.59 Å². The molecular formula is C11H19NO5. The highest BCUT2D eigenvalue weighted by atomic mass is 16.6. The Morgan fingerprint density at radius 2 is 1.94 bits per heavy atom. The highest BCUT2D eigenvalue weighted by molar-refractivity contribution is 5.86. The van der Waals surface area contributed by atoms with E-state index in [4.69, 9.17) is 14.2 Å². The maximum absolute atomic E-state index is 11.8. The summed E-state index contributed by atoms with van der Waals surface area (Å²) in [4.78, 5) is 24.9. The van der Waals surface area contributed by atoms with E-state index in [1.807, 2.05) is 13.8 Å². The molecule has 1 rings (SSSR count). The van der Waals surface area contributed by atoms with Gasteiger partial charge in [-0.3, -0.25) is 4.90 Å². The molecule has 0 aromatic heterocycles. The molecule has 0 saturated carbocycles. The first kappa shape index (κ1) is 13.8. The molecule has 2 atom stereocenters. The standard InChI is InChI=1S/C11H19NO5/c1-7(2)8-12(10(14)16-5)11(3,6-17-8)9(13)15-4/h7-8H,6H2,1-5H3/t8-,11+/m1/s1. The van der Waals surface area contributed by atoms with Crippen molar-refractivity contribution in [3.05, 3.63) is 0 Å². The molecule has 6 heteroatoms. The van der Waals surface area contributed by atoms with Crippen molar-refractivity contribution in [3.8, 4) is 0 Å². The number of rotatable bonds is 2. The Bertz CT molecular complexity index is 317. The van der Waals surface area contributed by atoms with Gasteiger partial charge in [0.1, 0.15) is 6.23 Å². The molecule has 1 saturated heterocycles. The first-order valence-corrected chi connectivity index (χ1v) is 5.45. The number of carbonyl (C=O) groups is 2. The zero-order valence-corrected chi connectivity index (χ0v) is 10.9. The summed E-state index contributed by atoms with van der Waals surface area (Å²) in [6.45, 7) is 5.53. The van der Waals surface area contributed by atoms with Crippen molar-refractivity contribution in [2.45, 2.75) is 32.5 Å². The van der Waals surface area contributed by atoms with Gasteiger partial charge in [0.15, 0.2) is 5.54 Å². The predicted molar refractivity (Wildman–Crippen MR) is 59.2 cm³/mol. The molecule has 0 unspecified atom stereocenters. The van der Waals surface area contributed by atoms with E-state index in [1.54, 1.807) is 6.92 Å². The van der Waals surface area contributed by atoms with Gasteiger partial charge < -0.3 is 14.2 Å². The van der Waals surface area contributed by atoms with Gasteiger partial charge in [-0.15, -0.1) is 0 Å². The molecule has 0 radical (unpaired) electrons. The lowest BCUT2D eigenvalue weighted by Crippen LogP contribution is -2.56. The van der Waals surface area contributed by atoms with Crippen LogP contribution < -0.4 is 0 Å². The van der Waals surface area contributed by atoms with E-state index in [0.29, 0.717) is 0 Å². The predicted octanol–water partition coefficient (Wildman–Crippen LogP) is 0.999. The van der Waals surface area contributed by atoms with Crippen LogP contribution in [0.5, 0.6) is 0 Å². The fourth-order valence-electron chi connectivity index (χ4n) is 1.94. The Hall–Kier alpha value is -1.30. The molecule has 1 fully saturated rings. The topological polar surface area (TPSA) is 65.1 Å². The van der Waals surface area contributed by atoms with Crippen molar-refractivity contribution < 1.29 is 23.8 Å². The summed E-state index contributed by atoms with van der Waals surface area (Å²) < 4.78 is 14.9. The van der Waals surface area contributed by atoms with Crippen LogP contribution in [-0.4, -0.2) is 49.6 Å². The number of carbonyl (C=O) groups excluding carboxylic acids is 2. The number of hydrogen-bond acceptors (Lipinski definition) is 5. The Balaban J connectivity index is 3.07. The van der Waals surface area contributed by atoms with Crippen molar-refractivity contribution in [3.63, 3.8) is 0 Å². The van der Waals surface area contributed by atoms with Gasteiger partial charge in [-0.2, -0.15) is 0 Å². The minimum absolute atomic E-state index is 0.0561. The summed E-state index contributed by atoms with van der Waals surface area (Å²) in [5.41, 5.74) is -1.13. The lowest BCUT2D eigenvalue weighted by Gasteiger charge is -2.33.